The summed E-state index contributed by atoms with van der Waals surface area (Å²) in [6, 6.07) is 0. The van der Waals surface area contributed by atoms with Gasteiger partial charge in [-0.25, -0.2) is 0 Å². The van der Waals surface area contributed by atoms with E-state index in [1.54, 1.807) is 19.3 Å². The second-order valence-corrected chi connectivity index (χ2v) is 6.85. The minimum Gasteiger partial charge on any atom is -0.325 e. The molecular formula is C13H21N. The third-order valence-corrected chi connectivity index (χ3v) is 5.88. The molecule has 1 heteroatoms. The summed E-state index contributed by atoms with van der Waals surface area (Å²) in [5.41, 5.74) is 7.48. The Balaban J connectivity index is 1.74. The van der Waals surface area contributed by atoms with Gasteiger partial charge in [0.1, 0.15) is 0 Å². The molecule has 5 rings (SSSR count). The second-order valence-electron chi connectivity index (χ2n) is 6.85. The van der Waals surface area contributed by atoms with Crippen molar-refractivity contribution >= 4 is 0 Å². The quantitative estimate of drug-likeness (QED) is 0.677. The highest BCUT2D eigenvalue weighted by molar-refractivity contribution is 5.18. The molecule has 5 aliphatic carbocycles. The molecule has 4 bridgehead atoms. The van der Waals surface area contributed by atoms with Gasteiger partial charge < -0.3 is 5.73 Å². The molecule has 0 amide bonds. The number of hydrogen-bond donors (Lipinski definition) is 1. The van der Waals surface area contributed by atoms with Crippen molar-refractivity contribution < 1.29 is 0 Å². The average Bonchev–Trinajstić information content (AvgIpc) is 2.82. The van der Waals surface area contributed by atoms with Gasteiger partial charge in [0.15, 0.2) is 0 Å². The fourth-order valence-electron chi connectivity index (χ4n) is 5.39. The van der Waals surface area contributed by atoms with Gasteiger partial charge in [0.25, 0.3) is 0 Å². The SMILES string of the molecule is NC1(C23CC4CC(CC(C4)C2)C3)CC1. The summed E-state index contributed by atoms with van der Waals surface area (Å²) < 4.78 is 0. The Morgan fingerprint density at radius 2 is 1.21 bits per heavy atom. The fourth-order valence-corrected chi connectivity index (χ4v) is 5.39. The third-order valence-electron chi connectivity index (χ3n) is 5.88. The van der Waals surface area contributed by atoms with Crippen LogP contribution in [0.3, 0.4) is 0 Å². The van der Waals surface area contributed by atoms with Crippen LogP contribution in [0.15, 0.2) is 0 Å². The molecule has 5 fully saturated rings. The first-order chi connectivity index (χ1) is 6.69. The lowest BCUT2D eigenvalue weighted by Gasteiger charge is -2.59. The van der Waals surface area contributed by atoms with Crippen LogP contribution in [-0.4, -0.2) is 5.54 Å². The van der Waals surface area contributed by atoms with E-state index in [0.29, 0.717) is 11.0 Å². The summed E-state index contributed by atoms with van der Waals surface area (Å²) in [4.78, 5) is 0. The van der Waals surface area contributed by atoms with E-state index in [2.05, 4.69) is 0 Å². The van der Waals surface area contributed by atoms with Crippen LogP contribution < -0.4 is 5.73 Å². The van der Waals surface area contributed by atoms with Crippen LogP contribution in [0.4, 0.5) is 0 Å². The number of nitrogens with two attached hydrogens (primary N) is 1. The van der Waals surface area contributed by atoms with Crippen LogP contribution in [0.1, 0.15) is 51.4 Å². The van der Waals surface area contributed by atoms with E-state index in [0.717, 1.165) is 17.8 Å². The summed E-state index contributed by atoms with van der Waals surface area (Å²) in [6.07, 6.45) is 11.8. The van der Waals surface area contributed by atoms with Crippen molar-refractivity contribution in [2.45, 2.75) is 56.9 Å². The Morgan fingerprint density at radius 1 is 0.786 bits per heavy atom. The van der Waals surface area contributed by atoms with E-state index in [-0.39, 0.29) is 0 Å². The predicted octanol–water partition coefficient (Wildman–Crippen LogP) is 2.69. The highest BCUT2D eigenvalue weighted by Gasteiger charge is 2.63. The molecule has 5 aliphatic rings. The van der Waals surface area contributed by atoms with Gasteiger partial charge in [-0.3, -0.25) is 0 Å². The van der Waals surface area contributed by atoms with Crippen LogP contribution >= 0.6 is 0 Å². The molecule has 0 saturated heterocycles. The molecule has 0 heterocycles. The minimum atomic E-state index is 0.309. The van der Waals surface area contributed by atoms with Crippen LogP contribution in [0.5, 0.6) is 0 Å². The normalized spacial score (nSPS) is 57.6. The van der Waals surface area contributed by atoms with Crippen molar-refractivity contribution in [1.29, 1.82) is 0 Å². The smallest absolute Gasteiger partial charge is 0.0213 e. The largest absolute Gasteiger partial charge is 0.325 e. The van der Waals surface area contributed by atoms with Gasteiger partial charge >= 0.3 is 0 Å². The van der Waals surface area contributed by atoms with E-state index in [1.807, 2.05) is 0 Å². The lowest BCUT2D eigenvalue weighted by molar-refractivity contribution is -0.0733. The predicted molar refractivity (Wildman–Crippen MR) is 56.8 cm³/mol. The number of rotatable bonds is 1. The maximum absolute atomic E-state index is 6.55. The van der Waals surface area contributed by atoms with Gasteiger partial charge in [-0.1, -0.05) is 0 Å². The minimum absolute atomic E-state index is 0.309. The molecular weight excluding hydrogens is 170 g/mol. The van der Waals surface area contributed by atoms with Crippen molar-refractivity contribution in [2.75, 3.05) is 0 Å². The highest BCUT2D eigenvalue weighted by Crippen LogP contribution is 2.67. The maximum atomic E-state index is 6.55. The molecule has 0 aromatic carbocycles. The van der Waals surface area contributed by atoms with Gasteiger partial charge in [0.05, 0.1) is 0 Å². The monoisotopic (exact) mass is 191 g/mol. The average molecular weight is 191 g/mol. The standard InChI is InChI=1S/C13H21N/c14-13(1-2-13)12-6-9-3-10(7-12)5-11(4-9)8-12/h9-11H,1-8,14H2. The Hall–Kier alpha value is -0.0400. The molecule has 78 valence electrons. The molecule has 0 unspecified atom stereocenters. The van der Waals surface area contributed by atoms with E-state index < -0.39 is 0 Å². The summed E-state index contributed by atoms with van der Waals surface area (Å²) in [5, 5.41) is 0. The Kier molecular flexibility index (Phi) is 1.29. The van der Waals surface area contributed by atoms with Gasteiger partial charge in [0, 0.05) is 5.54 Å². The van der Waals surface area contributed by atoms with Crippen LogP contribution in [0.25, 0.3) is 0 Å². The molecule has 0 radical (unpaired) electrons. The summed E-state index contributed by atoms with van der Waals surface area (Å²) in [6.45, 7) is 0. The van der Waals surface area contributed by atoms with Gasteiger partial charge in [-0.15, -0.1) is 0 Å². The van der Waals surface area contributed by atoms with Crippen molar-refractivity contribution in [3.63, 3.8) is 0 Å². The fraction of sp³-hybridized carbons (Fsp3) is 1.00. The molecule has 0 spiro atoms. The molecule has 1 nitrogen and oxygen atoms in total. The van der Waals surface area contributed by atoms with Crippen LogP contribution in [-0.2, 0) is 0 Å². The van der Waals surface area contributed by atoms with E-state index in [4.69, 9.17) is 5.73 Å². The van der Waals surface area contributed by atoms with Gasteiger partial charge in [-0.05, 0) is 74.5 Å². The second kappa shape index (κ2) is 2.21. The van der Waals surface area contributed by atoms with E-state index in [1.165, 1.54) is 32.1 Å². The van der Waals surface area contributed by atoms with Crippen LogP contribution in [0.2, 0.25) is 0 Å². The first-order valence-electron chi connectivity index (χ1n) is 6.48. The first kappa shape index (κ1) is 8.15. The van der Waals surface area contributed by atoms with Crippen molar-refractivity contribution in [2.24, 2.45) is 28.9 Å². The summed E-state index contributed by atoms with van der Waals surface area (Å²) in [7, 11) is 0. The van der Waals surface area contributed by atoms with Crippen molar-refractivity contribution in [3.05, 3.63) is 0 Å². The molecule has 5 saturated carbocycles. The van der Waals surface area contributed by atoms with E-state index in [9.17, 15) is 0 Å². The zero-order valence-corrected chi connectivity index (χ0v) is 8.97. The molecule has 0 aromatic rings. The topological polar surface area (TPSA) is 26.0 Å². The maximum Gasteiger partial charge on any atom is 0.0213 e. The Morgan fingerprint density at radius 3 is 1.57 bits per heavy atom. The van der Waals surface area contributed by atoms with Crippen molar-refractivity contribution in [3.8, 4) is 0 Å². The lowest BCUT2D eigenvalue weighted by atomic mass is 9.47. The van der Waals surface area contributed by atoms with Gasteiger partial charge in [-0.2, -0.15) is 0 Å². The van der Waals surface area contributed by atoms with Gasteiger partial charge in [0.2, 0.25) is 0 Å². The molecule has 0 aliphatic heterocycles. The molecule has 14 heavy (non-hydrogen) atoms. The Labute approximate surface area is 86.4 Å². The molecule has 2 N–H and O–H groups in total. The Bertz CT molecular complexity index is 242. The first-order valence-corrected chi connectivity index (χ1v) is 6.48. The van der Waals surface area contributed by atoms with Crippen LogP contribution in [0, 0.1) is 23.2 Å². The van der Waals surface area contributed by atoms with Crippen molar-refractivity contribution in [1.82, 2.24) is 0 Å². The third kappa shape index (κ3) is 0.856. The molecule has 0 aromatic heterocycles. The zero-order valence-electron chi connectivity index (χ0n) is 8.97. The molecule has 0 atom stereocenters. The lowest BCUT2D eigenvalue weighted by Crippen LogP contribution is -2.55. The summed E-state index contributed by atoms with van der Waals surface area (Å²) >= 11 is 0. The number of hydrogen-bond acceptors (Lipinski definition) is 1. The van der Waals surface area contributed by atoms with E-state index >= 15 is 0 Å². The summed E-state index contributed by atoms with van der Waals surface area (Å²) in [5.74, 6) is 3.21. The highest BCUT2D eigenvalue weighted by atomic mass is 14.9. The zero-order chi connectivity index (χ0) is 9.39.